The van der Waals surface area contributed by atoms with Crippen molar-refractivity contribution >= 4 is 5.96 Å². The third kappa shape index (κ3) is 6.04. The Morgan fingerprint density at radius 1 is 0.931 bits per heavy atom. The molecule has 1 fully saturated rings. The van der Waals surface area contributed by atoms with Gasteiger partial charge in [-0.05, 0) is 61.1 Å². The summed E-state index contributed by atoms with van der Waals surface area (Å²) in [6.07, 6.45) is 5.01. The van der Waals surface area contributed by atoms with E-state index in [-0.39, 0.29) is 0 Å². The summed E-state index contributed by atoms with van der Waals surface area (Å²) in [6, 6.07) is 14.0. The molecule has 2 N–H and O–H groups in total. The summed E-state index contributed by atoms with van der Waals surface area (Å²) in [4.78, 5) is 4.31. The Labute approximate surface area is 173 Å². The van der Waals surface area contributed by atoms with Gasteiger partial charge in [0.1, 0.15) is 5.75 Å². The lowest BCUT2D eigenvalue weighted by Crippen LogP contribution is -2.36. The second-order valence-corrected chi connectivity index (χ2v) is 7.14. The van der Waals surface area contributed by atoms with Crippen LogP contribution in [0.3, 0.4) is 0 Å². The molecule has 3 rings (SSSR count). The van der Waals surface area contributed by atoms with E-state index in [1.165, 1.54) is 12.8 Å². The molecule has 0 heterocycles. The number of guanidine groups is 1. The molecule has 156 valence electrons. The Balaban J connectivity index is 1.56. The van der Waals surface area contributed by atoms with Crippen LogP contribution in [0.2, 0.25) is 0 Å². The summed E-state index contributed by atoms with van der Waals surface area (Å²) in [5.41, 5.74) is 2.24. The third-order valence-electron chi connectivity index (χ3n) is 5.10. The molecular weight excluding hydrogens is 366 g/mol. The van der Waals surface area contributed by atoms with Crippen LogP contribution in [-0.2, 0) is 13.1 Å². The van der Waals surface area contributed by atoms with E-state index in [9.17, 15) is 0 Å². The van der Waals surface area contributed by atoms with E-state index in [0.717, 1.165) is 47.2 Å². The minimum Gasteiger partial charge on any atom is -0.497 e. The van der Waals surface area contributed by atoms with Gasteiger partial charge in [-0.1, -0.05) is 18.2 Å². The Morgan fingerprint density at radius 2 is 1.66 bits per heavy atom. The summed E-state index contributed by atoms with van der Waals surface area (Å²) < 4.78 is 16.9. The van der Waals surface area contributed by atoms with Crippen LogP contribution in [-0.4, -0.2) is 33.3 Å². The largest absolute Gasteiger partial charge is 0.497 e. The number of hydrogen-bond acceptors (Lipinski definition) is 4. The van der Waals surface area contributed by atoms with Gasteiger partial charge in [0.2, 0.25) is 0 Å². The molecule has 0 atom stereocenters. The number of rotatable bonds is 8. The summed E-state index contributed by atoms with van der Waals surface area (Å²) in [7, 11) is 5.12. The van der Waals surface area contributed by atoms with Gasteiger partial charge >= 0.3 is 0 Å². The number of benzene rings is 2. The highest BCUT2D eigenvalue weighted by Crippen LogP contribution is 2.32. The van der Waals surface area contributed by atoms with Gasteiger partial charge in [0.25, 0.3) is 0 Å². The highest BCUT2D eigenvalue weighted by molar-refractivity contribution is 5.79. The van der Waals surface area contributed by atoms with Crippen LogP contribution in [0.25, 0.3) is 0 Å². The van der Waals surface area contributed by atoms with Crippen molar-refractivity contribution in [1.29, 1.82) is 0 Å². The fourth-order valence-electron chi connectivity index (χ4n) is 3.48. The number of nitrogens with zero attached hydrogens (tertiary/aromatic N) is 1. The zero-order valence-corrected chi connectivity index (χ0v) is 17.5. The van der Waals surface area contributed by atoms with E-state index in [2.05, 4.69) is 27.8 Å². The fraction of sp³-hybridized carbons (Fsp3) is 0.435. The van der Waals surface area contributed by atoms with Crippen LogP contribution in [0, 0.1) is 0 Å². The van der Waals surface area contributed by atoms with Crippen molar-refractivity contribution in [2.45, 2.75) is 44.9 Å². The summed E-state index contributed by atoms with van der Waals surface area (Å²) in [6.45, 7) is 1.30. The van der Waals surface area contributed by atoms with Crippen molar-refractivity contribution in [3.63, 3.8) is 0 Å². The minimum atomic E-state index is 0.296. The highest BCUT2D eigenvalue weighted by atomic mass is 16.5. The standard InChI is InChI=1S/C23H31N3O3/c1-24-23(25-15-17-7-6-10-20(13-17)27-2)26-16-18-11-12-21(28-3)22(14-18)29-19-8-4-5-9-19/h6-7,10-14,19H,4-5,8-9,15-16H2,1-3H3,(H2,24,25,26). The number of ether oxygens (including phenoxy) is 3. The average Bonchev–Trinajstić information content (AvgIpc) is 3.27. The summed E-state index contributed by atoms with van der Waals surface area (Å²) >= 11 is 0. The second kappa shape index (κ2) is 10.6. The zero-order valence-electron chi connectivity index (χ0n) is 17.5. The van der Waals surface area contributed by atoms with Gasteiger partial charge < -0.3 is 24.8 Å². The van der Waals surface area contributed by atoms with Crippen molar-refractivity contribution in [2.75, 3.05) is 21.3 Å². The molecule has 1 aliphatic carbocycles. The first-order valence-electron chi connectivity index (χ1n) is 10.1. The molecule has 1 saturated carbocycles. The Kier molecular flexibility index (Phi) is 7.61. The second-order valence-electron chi connectivity index (χ2n) is 7.14. The summed E-state index contributed by atoms with van der Waals surface area (Å²) in [5.74, 6) is 3.18. The van der Waals surface area contributed by atoms with E-state index in [0.29, 0.717) is 19.2 Å². The molecule has 0 saturated heterocycles. The van der Waals surface area contributed by atoms with Crippen LogP contribution in [0.5, 0.6) is 17.2 Å². The van der Waals surface area contributed by atoms with Crippen molar-refractivity contribution in [3.05, 3.63) is 53.6 Å². The van der Waals surface area contributed by atoms with E-state index in [1.54, 1.807) is 21.3 Å². The molecule has 2 aromatic rings. The maximum atomic E-state index is 6.19. The highest BCUT2D eigenvalue weighted by Gasteiger charge is 2.18. The lowest BCUT2D eigenvalue weighted by atomic mass is 10.2. The molecule has 0 bridgehead atoms. The summed E-state index contributed by atoms with van der Waals surface area (Å²) in [5, 5.41) is 6.68. The molecule has 6 heteroatoms. The van der Waals surface area contributed by atoms with Crippen LogP contribution in [0.1, 0.15) is 36.8 Å². The average molecular weight is 398 g/mol. The first-order valence-corrected chi connectivity index (χ1v) is 10.1. The molecular formula is C23H31N3O3. The van der Waals surface area contributed by atoms with Crippen molar-refractivity contribution < 1.29 is 14.2 Å². The monoisotopic (exact) mass is 397 g/mol. The maximum absolute atomic E-state index is 6.19. The Hall–Kier alpha value is -2.89. The number of nitrogens with one attached hydrogen (secondary N) is 2. The van der Waals surface area contributed by atoms with Gasteiger partial charge in [-0.2, -0.15) is 0 Å². The number of aliphatic imine (C=N–C) groups is 1. The van der Waals surface area contributed by atoms with Gasteiger partial charge in [-0.3, -0.25) is 4.99 Å². The molecule has 0 aromatic heterocycles. The van der Waals surface area contributed by atoms with Gasteiger partial charge in [0.05, 0.1) is 20.3 Å². The number of hydrogen-bond donors (Lipinski definition) is 2. The van der Waals surface area contributed by atoms with Crippen LogP contribution >= 0.6 is 0 Å². The topological polar surface area (TPSA) is 64.1 Å². The number of methoxy groups -OCH3 is 2. The third-order valence-corrected chi connectivity index (χ3v) is 5.10. The first kappa shape index (κ1) is 20.8. The lowest BCUT2D eigenvalue weighted by Gasteiger charge is -2.17. The van der Waals surface area contributed by atoms with Crippen molar-refractivity contribution in [3.8, 4) is 17.2 Å². The Morgan fingerprint density at radius 3 is 2.31 bits per heavy atom. The molecule has 0 radical (unpaired) electrons. The van der Waals surface area contributed by atoms with Gasteiger partial charge in [0.15, 0.2) is 17.5 Å². The molecule has 2 aromatic carbocycles. The van der Waals surface area contributed by atoms with E-state index in [4.69, 9.17) is 14.2 Å². The zero-order chi connectivity index (χ0) is 20.5. The first-order chi connectivity index (χ1) is 14.2. The molecule has 1 aliphatic rings. The van der Waals surface area contributed by atoms with Gasteiger partial charge in [-0.15, -0.1) is 0 Å². The fourth-order valence-corrected chi connectivity index (χ4v) is 3.48. The predicted molar refractivity (Wildman–Crippen MR) is 116 cm³/mol. The van der Waals surface area contributed by atoms with Gasteiger partial charge in [0, 0.05) is 20.1 Å². The van der Waals surface area contributed by atoms with E-state index in [1.807, 2.05) is 30.3 Å². The van der Waals surface area contributed by atoms with Gasteiger partial charge in [-0.25, -0.2) is 0 Å². The van der Waals surface area contributed by atoms with Crippen LogP contribution in [0.4, 0.5) is 0 Å². The van der Waals surface area contributed by atoms with E-state index < -0.39 is 0 Å². The van der Waals surface area contributed by atoms with Crippen LogP contribution < -0.4 is 24.8 Å². The smallest absolute Gasteiger partial charge is 0.191 e. The maximum Gasteiger partial charge on any atom is 0.191 e. The minimum absolute atomic E-state index is 0.296. The quantitative estimate of drug-likeness (QED) is 0.523. The molecule has 0 amide bonds. The normalized spacial score (nSPS) is 14.5. The van der Waals surface area contributed by atoms with E-state index >= 15 is 0 Å². The molecule has 0 unspecified atom stereocenters. The molecule has 0 aliphatic heterocycles. The lowest BCUT2D eigenvalue weighted by molar-refractivity contribution is 0.200. The van der Waals surface area contributed by atoms with Crippen molar-refractivity contribution in [1.82, 2.24) is 10.6 Å². The predicted octanol–water partition coefficient (Wildman–Crippen LogP) is 3.89. The SMILES string of the molecule is CN=C(NCc1cccc(OC)c1)NCc1ccc(OC)c(OC2CCCC2)c1. The Bertz CT molecular complexity index is 817. The molecule has 6 nitrogen and oxygen atoms in total. The molecule has 0 spiro atoms. The van der Waals surface area contributed by atoms with Crippen molar-refractivity contribution in [2.24, 2.45) is 4.99 Å². The molecule has 29 heavy (non-hydrogen) atoms. The van der Waals surface area contributed by atoms with Crippen LogP contribution in [0.15, 0.2) is 47.5 Å².